The van der Waals surface area contributed by atoms with Crippen molar-refractivity contribution in [2.75, 3.05) is 6.61 Å². The van der Waals surface area contributed by atoms with Gasteiger partial charge in [-0.1, -0.05) is 0 Å². The number of nitrogens with two attached hydrogens (primary N) is 1. The average Bonchev–Trinajstić information content (AvgIpc) is 2.66. The highest BCUT2D eigenvalue weighted by atomic mass is 16.3. The zero-order valence-corrected chi connectivity index (χ0v) is 9.81. The lowest BCUT2D eigenvalue weighted by molar-refractivity contribution is -0.728. The van der Waals surface area contributed by atoms with Crippen LogP contribution in [-0.2, 0) is 0 Å². The number of pyridine rings is 1. The molecule has 1 aromatic rings. The maximum atomic E-state index is 11.1. The lowest BCUT2D eigenvalue weighted by Gasteiger charge is -2.13. The number of nitrogens with zero attached hydrogens (tertiary/aromatic N) is 1. The molecule has 1 aliphatic carbocycles. The molecule has 0 aromatic carbocycles. The minimum Gasteiger partial charge on any atom is -0.396 e. The van der Waals surface area contributed by atoms with E-state index in [9.17, 15) is 15.0 Å². The van der Waals surface area contributed by atoms with Gasteiger partial charge in [-0.05, 0) is 6.07 Å². The molecule has 5 N–H and O–H groups in total. The Balaban J connectivity index is 2.27. The first kappa shape index (κ1) is 12.9. The van der Waals surface area contributed by atoms with E-state index < -0.39 is 18.1 Å². The van der Waals surface area contributed by atoms with Gasteiger partial charge < -0.3 is 21.1 Å². The van der Waals surface area contributed by atoms with Gasteiger partial charge in [0, 0.05) is 25.0 Å². The van der Waals surface area contributed by atoms with Gasteiger partial charge in [-0.2, -0.15) is 4.57 Å². The quantitative estimate of drug-likeness (QED) is 0.484. The van der Waals surface area contributed by atoms with Crippen LogP contribution in [0.5, 0.6) is 0 Å². The predicted octanol–water partition coefficient (Wildman–Crippen LogP) is -1.65. The molecule has 0 saturated heterocycles. The molecule has 0 spiro atoms. The maximum absolute atomic E-state index is 11.1. The predicted molar refractivity (Wildman–Crippen MR) is 61.4 cm³/mol. The van der Waals surface area contributed by atoms with Crippen LogP contribution in [0.1, 0.15) is 22.8 Å². The van der Waals surface area contributed by atoms with Crippen molar-refractivity contribution in [3.8, 4) is 0 Å². The summed E-state index contributed by atoms with van der Waals surface area (Å²) in [5.41, 5.74) is 5.53. The van der Waals surface area contributed by atoms with Crippen molar-refractivity contribution < 1.29 is 24.7 Å². The molecular weight excluding hydrogens is 236 g/mol. The van der Waals surface area contributed by atoms with E-state index in [1.54, 1.807) is 29.1 Å². The highest BCUT2D eigenvalue weighted by Crippen LogP contribution is 2.31. The Morgan fingerprint density at radius 2 is 2.17 bits per heavy atom. The normalized spacial score (nSPS) is 31.5. The number of aliphatic hydroxyl groups excluding tert-OH is 3. The molecule has 18 heavy (non-hydrogen) atoms. The maximum Gasteiger partial charge on any atom is 0.254 e. The summed E-state index contributed by atoms with van der Waals surface area (Å²) in [6.07, 6.45) is 1.78. The Labute approximate surface area is 104 Å². The molecule has 1 heterocycles. The van der Waals surface area contributed by atoms with Crippen LogP contribution in [0.2, 0.25) is 0 Å². The summed E-state index contributed by atoms with van der Waals surface area (Å²) in [6.45, 7) is -0.176. The standard InChI is InChI=1S/C12H16N2O4/c13-12(18)7-2-1-3-14(5-7)9-4-8(6-15)10(16)11(9)17/h1-3,5,8-11,15-17H,4,6H2,(H-,13,18)/p+1/t8-,9?,10-,11+/m0/s1. The van der Waals surface area contributed by atoms with E-state index in [1.165, 1.54) is 0 Å². The largest absolute Gasteiger partial charge is 0.396 e. The lowest BCUT2D eigenvalue weighted by Crippen LogP contribution is -2.45. The van der Waals surface area contributed by atoms with Gasteiger partial charge in [-0.15, -0.1) is 0 Å². The molecule has 6 heteroatoms. The second-order valence-corrected chi connectivity index (χ2v) is 4.63. The van der Waals surface area contributed by atoms with E-state index >= 15 is 0 Å². The molecule has 1 fully saturated rings. The number of aliphatic hydroxyl groups is 3. The SMILES string of the molecule is NC(=O)c1ccc[n+](C2C[C@@H](CO)[C@H](O)[C@@H]2O)c1. The highest BCUT2D eigenvalue weighted by molar-refractivity contribution is 5.92. The number of aromatic nitrogens is 1. The summed E-state index contributed by atoms with van der Waals surface area (Å²) in [4.78, 5) is 11.1. The van der Waals surface area contributed by atoms with Crippen molar-refractivity contribution in [2.45, 2.75) is 24.7 Å². The van der Waals surface area contributed by atoms with Crippen LogP contribution in [0.15, 0.2) is 24.5 Å². The van der Waals surface area contributed by atoms with E-state index in [1.807, 2.05) is 0 Å². The Kier molecular flexibility index (Phi) is 3.60. The third-order valence-corrected chi connectivity index (χ3v) is 3.50. The molecule has 4 atom stereocenters. The third kappa shape index (κ3) is 2.22. The number of rotatable bonds is 3. The van der Waals surface area contributed by atoms with Crippen molar-refractivity contribution in [3.63, 3.8) is 0 Å². The number of carbonyl (C=O) groups is 1. The summed E-state index contributed by atoms with van der Waals surface area (Å²) in [5.74, 6) is -0.897. The summed E-state index contributed by atoms with van der Waals surface area (Å²) < 4.78 is 1.66. The lowest BCUT2D eigenvalue weighted by atomic mass is 10.1. The van der Waals surface area contributed by atoms with Crippen LogP contribution in [-0.4, -0.2) is 40.0 Å². The van der Waals surface area contributed by atoms with E-state index in [2.05, 4.69) is 0 Å². The van der Waals surface area contributed by atoms with Gasteiger partial charge in [0.25, 0.3) is 5.91 Å². The van der Waals surface area contributed by atoms with Gasteiger partial charge in [-0.25, -0.2) is 0 Å². The molecular formula is C12H17N2O4+. The molecule has 1 saturated carbocycles. The topological polar surface area (TPSA) is 108 Å². The van der Waals surface area contributed by atoms with E-state index in [-0.39, 0.29) is 18.6 Å². The second-order valence-electron chi connectivity index (χ2n) is 4.63. The Bertz CT molecular complexity index is 451. The van der Waals surface area contributed by atoms with Crippen molar-refractivity contribution in [1.29, 1.82) is 0 Å². The Morgan fingerprint density at radius 3 is 2.72 bits per heavy atom. The summed E-state index contributed by atoms with van der Waals surface area (Å²) in [6, 6.07) is 2.88. The second kappa shape index (κ2) is 5.01. The zero-order valence-electron chi connectivity index (χ0n) is 9.81. The molecule has 0 radical (unpaired) electrons. The van der Waals surface area contributed by atoms with Crippen LogP contribution in [0.4, 0.5) is 0 Å². The first-order chi connectivity index (χ1) is 8.54. The van der Waals surface area contributed by atoms with Gasteiger partial charge in [0.2, 0.25) is 0 Å². The van der Waals surface area contributed by atoms with Crippen molar-refractivity contribution in [1.82, 2.24) is 0 Å². The van der Waals surface area contributed by atoms with Gasteiger partial charge in [-0.3, -0.25) is 4.79 Å². The Hall–Kier alpha value is -1.50. The average molecular weight is 253 g/mol. The number of hydrogen-bond donors (Lipinski definition) is 4. The molecule has 0 aliphatic heterocycles. The monoisotopic (exact) mass is 253 g/mol. The third-order valence-electron chi connectivity index (χ3n) is 3.50. The molecule has 0 bridgehead atoms. The first-order valence-corrected chi connectivity index (χ1v) is 5.82. The number of primary amides is 1. The van der Waals surface area contributed by atoms with Crippen LogP contribution in [0.25, 0.3) is 0 Å². The fourth-order valence-corrected chi connectivity index (χ4v) is 2.42. The molecule has 2 rings (SSSR count). The fourth-order valence-electron chi connectivity index (χ4n) is 2.42. The first-order valence-electron chi connectivity index (χ1n) is 5.82. The van der Waals surface area contributed by atoms with Gasteiger partial charge in [0.1, 0.15) is 11.7 Å². The fraction of sp³-hybridized carbons (Fsp3) is 0.500. The van der Waals surface area contributed by atoms with Crippen LogP contribution in [0, 0.1) is 5.92 Å². The smallest absolute Gasteiger partial charge is 0.254 e. The summed E-state index contributed by atoms with van der Waals surface area (Å²) >= 11 is 0. The number of amides is 1. The zero-order chi connectivity index (χ0) is 13.3. The van der Waals surface area contributed by atoms with Crippen LogP contribution in [0.3, 0.4) is 0 Å². The molecule has 1 unspecified atom stereocenters. The van der Waals surface area contributed by atoms with Gasteiger partial charge >= 0.3 is 0 Å². The molecule has 1 aliphatic rings. The van der Waals surface area contributed by atoms with Crippen molar-refractivity contribution >= 4 is 5.91 Å². The highest BCUT2D eigenvalue weighted by Gasteiger charge is 2.46. The van der Waals surface area contributed by atoms with Crippen LogP contribution >= 0.6 is 0 Å². The van der Waals surface area contributed by atoms with Crippen molar-refractivity contribution in [2.24, 2.45) is 11.7 Å². The van der Waals surface area contributed by atoms with Gasteiger partial charge in [0.05, 0.1) is 6.10 Å². The van der Waals surface area contributed by atoms with E-state index in [4.69, 9.17) is 10.8 Å². The van der Waals surface area contributed by atoms with Gasteiger partial charge in [0.15, 0.2) is 18.4 Å². The molecule has 1 amide bonds. The Morgan fingerprint density at radius 1 is 1.44 bits per heavy atom. The molecule has 1 aromatic heterocycles. The minimum absolute atomic E-state index is 0.176. The molecule has 6 nitrogen and oxygen atoms in total. The van der Waals surface area contributed by atoms with Crippen molar-refractivity contribution in [3.05, 3.63) is 30.1 Å². The summed E-state index contributed by atoms with van der Waals surface area (Å²) in [5, 5.41) is 28.8. The summed E-state index contributed by atoms with van der Waals surface area (Å²) in [7, 11) is 0. The number of hydrogen-bond acceptors (Lipinski definition) is 4. The van der Waals surface area contributed by atoms with E-state index in [0.29, 0.717) is 12.0 Å². The van der Waals surface area contributed by atoms with Crippen LogP contribution < -0.4 is 10.3 Å². The number of carbonyl (C=O) groups excluding carboxylic acids is 1. The minimum atomic E-state index is -0.963. The van der Waals surface area contributed by atoms with E-state index in [0.717, 1.165) is 0 Å². The molecule has 98 valence electrons.